The molecule has 0 N–H and O–H groups in total. The van der Waals surface area contributed by atoms with Crippen molar-refractivity contribution in [2.75, 3.05) is 33.8 Å². The second-order valence-corrected chi connectivity index (χ2v) is 7.59. The number of para-hydroxylation sites is 1. The molecule has 2 atom stereocenters. The van der Waals surface area contributed by atoms with Crippen LogP contribution >= 0.6 is 0 Å². The van der Waals surface area contributed by atoms with Gasteiger partial charge in [0.05, 0.1) is 19.2 Å². The maximum absolute atomic E-state index is 13.0. The molecule has 0 aromatic heterocycles. The molecule has 0 spiro atoms. The normalized spacial score (nSPS) is 22.9. The molecule has 3 amide bonds. The van der Waals surface area contributed by atoms with Gasteiger partial charge in [-0.25, -0.2) is 0 Å². The number of hydrogen-bond donors (Lipinski definition) is 0. The van der Waals surface area contributed by atoms with Crippen molar-refractivity contribution in [3.8, 4) is 5.75 Å². The summed E-state index contributed by atoms with van der Waals surface area (Å²) in [6.07, 6.45) is 0.647. The van der Waals surface area contributed by atoms with Gasteiger partial charge in [0, 0.05) is 20.1 Å². The molecule has 7 nitrogen and oxygen atoms in total. The third-order valence-corrected chi connectivity index (χ3v) is 5.37. The summed E-state index contributed by atoms with van der Waals surface area (Å²) in [5.41, 5.74) is 0.467. The molecule has 2 fully saturated rings. The summed E-state index contributed by atoms with van der Waals surface area (Å²) in [5.74, 6) is 0.529. The molecule has 7 heteroatoms. The average molecular weight is 373 g/mol. The summed E-state index contributed by atoms with van der Waals surface area (Å²) in [6.45, 7) is 5.08. The molecule has 0 unspecified atom stereocenters. The number of nitrogens with zero attached hydrogens (tertiary/aromatic N) is 3. The van der Waals surface area contributed by atoms with Gasteiger partial charge in [-0.15, -0.1) is 0 Å². The molecule has 2 aliphatic heterocycles. The molecule has 27 heavy (non-hydrogen) atoms. The lowest BCUT2D eigenvalue weighted by Gasteiger charge is -2.48. The Morgan fingerprint density at radius 3 is 2.56 bits per heavy atom. The number of rotatable bonds is 4. The van der Waals surface area contributed by atoms with E-state index in [4.69, 9.17) is 4.74 Å². The topological polar surface area (TPSA) is 70.2 Å². The van der Waals surface area contributed by atoms with E-state index in [1.807, 2.05) is 13.8 Å². The van der Waals surface area contributed by atoms with Crippen LogP contribution in [0, 0.1) is 5.92 Å². The van der Waals surface area contributed by atoms with Crippen molar-refractivity contribution in [2.45, 2.75) is 32.4 Å². The first-order chi connectivity index (χ1) is 12.8. The third kappa shape index (κ3) is 3.50. The van der Waals surface area contributed by atoms with Gasteiger partial charge in [-0.1, -0.05) is 26.0 Å². The highest BCUT2D eigenvalue weighted by atomic mass is 16.5. The van der Waals surface area contributed by atoms with E-state index in [1.54, 1.807) is 46.0 Å². The van der Waals surface area contributed by atoms with Crippen LogP contribution < -0.4 is 4.74 Å². The van der Waals surface area contributed by atoms with Crippen LogP contribution in [0.15, 0.2) is 24.3 Å². The summed E-state index contributed by atoms with van der Waals surface area (Å²) in [5, 5.41) is 0. The van der Waals surface area contributed by atoms with Crippen molar-refractivity contribution in [1.82, 2.24) is 14.7 Å². The van der Waals surface area contributed by atoms with E-state index in [0.29, 0.717) is 36.7 Å². The Hall–Kier alpha value is -2.57. The first-order valence-corrected chi connectivity index (χ1v) is 9.34. The standard InChI is InChI=1S/C20H27N3O4/c1-13(2)11-15-20(26)23-10-9-22(12-16(23)19(25)21(15)3)18(24)14-7-5-6-8-17(14)27-4/h5-8,13,15-16H,9-12H2,1-4H3/t15-,16+/m0/s1. The number of ether oxygens (including phenoxy) is 1. The summed E-state index contributed by atoms with van der Waals surface area (Å²) < 4.78 is 5.28. The minimum atomic E-state index is -0.613. The molecule has 0 bridgehead atoms. The van der Waals surface area contributed by atoms with Crippen molar-refractivity contribution >= 4 is 17.7 Å². The molecule has 1 aromatic carbocycles. The SMILES string of the molecule is COc1ccccc1C(=O)N1CCN2C(=O)[C@H](CC(C)C)N(C)C(=O)[C@H]2C1. The summed E-state index contributed by atoms with van der Waals surface area (Å²) >= 11 is 0. The molecule has 3 rings (SSSR count). The maximum atomic E-state index is 13.0. The van der Waals surface area contributed by atoms with E-state index < -0.39 is 12.1 Å². The van der Waals surface area contributed by atoms with Crippen LogP contribution in [0.2, 0.25) is 0 Å². The zero-order valence-electron chi connectivity index (χ0n) is 16.3. The fourth-order valence-electron chi connectivity index (χ4n) is 3.89. The Kier molecular flexibility index (Phi) is 5.39. The molecule has 0 radical (unpaired) electrons. The molecule has 0 saturated carbocycles. The second kappa shape index (κ2) is 7.58. The second-order valence-electron chi connectivity index (χ2n) is 7.59. The van der Waals surface area contributed by atoms with Gasteiger partial charge >= 0.3 is 0 Å². The number of methoxy groups -OCH3 is 1. The van der Waals surface area contributed by atoms with Crippen LogP contribution in [0.3, 0.4) is 0 Å². The molecular formula is C20H27N3O4. The zero-order chi connectivity index (χ0) is 19.7. The Labute approximate surface area is 159 Å². The Morgan fingerprint density at radius 1 is 1.19 bits per heavy atom. The predicted octanol–water partition coefficient (Wildman–Crippen LogP) is 1.23. The van der Waals surface area contributed by atoms with Crippen molar-refractivity contribution in [3.05, 3.63) is 29.8 Å². The molecule has 2 aliphatic rings. The van der Waals surface area contributed by atoms with Crippen molar-refractivity contribution in [1.29, 1.82) is 0 Å². The fourth-order valence-corrected chi connectivity index (χ4v) is 3.89. The first-order valence-electron chi connectivity index (χ1n) is 9.34. The van der Waals surface area contributed by atoms with Gasteiger partial charge in [-0.2, -0.15) is 0 Å². The lowest BCUT2D eigenvalue weighted by Crippen LogP contribution is -2.69. The van der Waals surface area contributed by atoms with E-state index in [2.05, 4.69) is 0 Å². The lowest BCUT2D eigenvalue weighted by molar-refractivity contribution is -0.163. The highest BCUT2D eigenvalue weighted by Crippen LogP contribution is 2.26. The number of benzene rings is 1. The Balaban J connectivity index is 1.79. The van der Waals surface area contributed by atoms with Crippen LogP contribution in [0.1, 0.15) is 30.6 Å². The Bertz CT molecular complexity index is 748. The van der Waals surface area contributed by atoms with Gasteiger partial charge in [0.1, 0.15) is 17.8 Å². The molecule has 0 aliphatic carbocycles. The highest BCUT2D eigenvalue weighted by molar-refractivity contribution is 6.00. The molecule has 1 aromatic rings. The van der Waals surface area contributed by atoms with E-state index >= 15 is 0 Å². The number of carbonyl (C=O) groups is 3. The van der Waals surface area contributed by atoms with Gasteiger partial charge in [0.2, 0.25) is 11.8 Å². The average Bonchev–Trinajstić information content (AvgIpc) is 2.68. The Morgan fingerprint density at radius 2 is 1.89 bits per heavy atom. The van der Waals surface area contributed by atoms with Gasteiger partial charge in [-0.3, -0.25) is 14.4 Å². The molecular weight excluding hydrogens is 346 g/mol. The summed E-state index contributed by atoms with van der Waals surface area (Å²) in [7, 11) is 3.21. The quantitative estimate of drug-likeness (QED) is 0.796. The molecule has 2 saturated heterocycles. The minimum Gasteiger partial charge on any atom is -0.496 e. The molecule has 2 heterocycles. The predicted molar refractivity (Wildman–Crippen MR) is 100 cm³/mol. The largest absolute Gasteiger partial charge is 0.496 e. The third-order valence-electron chi connectivity index (χ3n) is 5.37. The number of hydrogen-bond acceptors (Lipinski definition) is 4. The smallest absolute Gasteiger partial charge is 0.257 e. The number of piperazine rings is 2. The van der Waals surface area contributed by atoms with E-state index in [0.717, 1.165) is 0 Å². The number of carbonyl (C=O) groups excluding carboxylic acids is 3. The van der Waals surface area contributed by atoms with E-state index in [9.17, 15) is 14.4 Å². The lowest BCUT2D eigenvalue weighted by atomic mass is 9.95. The monoisotopic (exact) mass is 373 g/mol. The maximum Gasteiger partial charge on any atom is 0.257 e. The summed E-state index contributed by atoms with van der Waals surface area (Å²) in [4.78, 5) is 43.6. The van der Waals surface area contributed by atoms with Gasteiger partial charge in [-0.05, 0) is 24.5 Å². The van der Waals surface area contributed by atoms with Gasteiger partial charge in [0.25, 0.3) is 5.91 Å². The van der Waals surface area contributed by atoms with Crippen LogP contribution in [0.5, 0.6) is 5.75 Å². The zero-order valence-corrected chi connectivity index (χ0v) is 16.3. The molecule has 146 valence electrons. The summed E-state index contributed by atoms with van der Waals surface area (Å²) in [6, 6.07) is 6.02. The van der Waals surface area contributed by atoms with Crippen molar-refractivity contribution < 1.29 is 19.1 Å². The van der Waals surface area contributed by atoms with Gasteiger partial charge < -0.3 is 19.4 Å². The van der Waals surface area contributed by atoms with Gasteiger partial charge in [0.15, 0.2) is 0 Å². The van der Waals surface area contributed by atoms with Crippen molar-refractivity contribution in [3.63, 3.8) is 0 Å². The van der Waals surface area contributed by atoms with Crippen molar-refractivity contribution in [2.24, 2.45) is 5.92 Å². The number of fused-ring (bicyclic) bond motifs is 1. The van der Waals surface area contributed by atoms with Crippen LogP contribution in [0.4, 0.5) is 0 Å². The number of amides is 3. The minimum absolute atomic E-state index is 0.0137. The van der Waals surface area contributed by atoms with Crippen LogP contribution in [-0.2, 0) is 9.59 Å². The van der Waals surface area contributed by atoms with E-state index in [1.165, 1.54) is 7.11 Å². The van der Waals surface area contributed by atoms with Crippen LogP contribution in [-0.4, -0.2) is 78.3 Å². The van der Waals surface area contributed by atoms with Crippen LogP contribution in [0.25, 0.3) is 0 Å². The number of likely N-dealkylation sites (N-methyl/N-ethyl adjacent to an activating group) is 1. The van der Waals surface area contributed by atoms with E-state index in [-0.39, 0.29) is 24.3 Å². The highest BCUT2D eigenvalue weighted by Gasteiger charge is 2.47. The fraction of sp³-hybridized carbons (Fsp3) is 0.550. The first kappa shape index (κ1) is 19.2.